The fraction of sp³-hybridized carbons (Fsp3) is 0.172. The van der Waals surface area contributed by atoms with Crippen molar-refractivity contribution < 1.29 is 0 Å². The van der Waals surface area contributed by atoms with Crippen LogP contribution in [0.1, 0.15) is 34.7 Å². The summed E-state index contributed by atoms with van der Waals surface area (Å²) in [7, 11) is 4.05. The molecule has 34 heavy (non-hydrogen) atoms. The Bertz CT molecular complexity index is 1590. The quantitative estimate of drug-likeness (QED) is 0.452. The van der Waals surface area contributed by atoms with Crippen LogP contribution in [-0.2, 0) is 6.42 Å². The van der Waals surface area contributed by atoms with Gasteiger partial charge in [0.05, 0.1) is 16.3 Å². The van der Waals surface area contributed by atoms with Gasteiger partial charge in [-0.25, -0.2) is 4.99 Å². The van der Waals surface area contributed by atoms with Gasteiger partial charge in [0.15, 0.2) is 4.80 Å². The highest BCUT2D eigenvalue weighted by molar-refractivity contribution is 7.07. The molecule has 2 aliphatic rings. The van der Waals surface area contributed by atoms with E-state index in [1.165, 1.54) is 28.0 Å². The monoisotopic (exact) mass is 463 g/mol. The summed E-state index contributed by atoms with van der Waals surface area (Å²) in [6, 6.07) is 27.0. The van der Waals surface area contributed by atoms with Gasteiger partial charge in [0.1, 0.15) is 0 Å². The predicted molar refractivity (Wildman–Crippen MR) is 140 cm³/mol. The zero-order valence-corrected chi connectivity index (χ0v) is 20.0. The van der Waals surface area contributed by atoms with Gasteiger partial charge in [0, 0.05) is 25.3 Å². The molecule has 0 bridgehead atoms. The summed E-state index contributed by atoms with van der Waals surface area (Å²) in [4.78, 5) is 21.7. The van der Waals surface area contributed by atoms with Crippen LogP contribution >= 0.6 is 11.3 Å². The van der Waals surface area contributed by atoms with Crippen LogP contribution in [-0.4, -0.2) is 18.7 Å². The molecule has 1 atom stereocenters. The molecular weight excluding hydrogens is 438 g/mol. The van der Waals surface area contributed by atoms with Crippen LogP contribution in [0.4, 0.5) is 5.69 Å². The Hall–Kier alpha value is -3.70. The average Bonchev–Trinajstić information content (AvgIpc) is 3.18. The molecule has 0 saturated heterocycles. The first-order valence-corrected chi connectivity index (χ1v) is 12.4. The number of thiazole rings is 1. The highest BCUT2D eigenvalue weighted by Crippen LogP contribution is 2.41. The second-order valence-corrected chi connectivity index (χ2v) is 10.0. The number of aryl methyl sites for hydroxylation is 1. The molecule has 0 saturated carbocycles. The third-order valence-electron chi connectivity index (χ3n) is 6.70. The molecule has 5 heteroatoms. The van der Waals surface area contributed by atoms with Gasteiger partial charge in [-0.05, 0) is 53.3 Å². The van der Waals surface area contributed by atoms with Crippen molar-refractivity contribution in [1.29, 1.82) is 0 Å². The number of benzene rings is 3. The van der Waals surface area contributed by atoms with E-state index in [9.17, 15) is 4.79 Å². The maximum atomic E-state index is 13.7. The number of aromatic nitrogens is 1. The molecule has 0 N–H and O–H groups in total. The van der Waals surface area contributed by atoms with Crippen molar-refractivity contribution in [2.75, 3.05) is 19.0 Å². The Morgan fingerprint density at radius 1 is 0.941 bits per heavy atom. The number of rotatable bonds is 3. The van der Waals surface area contributed by atoms with E-state index in [0.717, 1.165) is 40.2 Å². The summed E-state index contributed by atoms with van der Waals surface area (Å²) in [6.45, 7) is 0. The standard InChI is InChI=1S/C29H25N3OS/c1-31(2)22-15-12-19(13-16-22)18-25-28(33)32-27(21-9-4-3-5-10-21)24-17-14-20-8-6-7-11-23(20)26(24)30-29(32)34-25/h3-13,15-16,18,27H,14,17H2,1-2H3. The van der Waals surface area contributed by atoms with Gasteiger partial charge in [0.2, 0.25) is 0 Å². The van der Waals surface area contributed by atoms with E-state index in [0.29, 0.717) is 4.53 Å². The molecule has 0 fully saturated rings. The van der Waals surface area contributed by atoms with E-state index in [4.69, 9.17) is 4.99 Å². The van der Waals surface area contributed by atoms with Crippen molar-refractivity contribution in [1.82, 2.24) is 4.57 Å². The molecule has 6 rings (SSSR count). The van der Waals surface area contributed by atoms with E-state index in [-0.39, 0.29) is 11.6 Å². The summed E-state index contributed by atoms with van der Waals surface area (Å²) >= 11 is 1.48. The fourth-order valence-corrected chi connectivity index (χ4v) is 5.98. The Balaban J connectivity index is 1.57. The smallest absolute Gasteiger partial charge is 0.271 e. The first-order valence-electron chi connectivity index (χ1n) is 11.6. The zero-order chi connectivity index (χ0) is 23.2. The van der Waals surface area contributed by atoms with E-state index in [1.807, 2.05) is 30.8 Å². The summed E-state index contributed by atoms with van der Waals surface area (Å²) in [5, 5.41) is 0. The van der Waals surface area contributed by atoms with Crippen molar-refractivity contribution in [2.24, 2.45) is 4.99 Å². The van der Waals surface area contributed by atoms with Gasteiger partial charge >= 0.3 is 0 Å². The predicted octanol–water partition coefficient (Wildman–Crippen LogP) is 4.38. The lowest BCUT2D eigenvalue weighted by atomic mass is 9.83. The van der Waals surface area contributed by atoms with E-state index in [1.54, 1.807) is 0 Å². The third-order valence-corrected chi connectivity index (χ3v) is 7.68. The van der Waals surface area contributed by atoms with Crippen molar-refractivity contribution in [3.05, 3.63) is 126 Å². The molecule has 0 spiro atoms. The van der Waals surface area contributed by atoms with Gasteiger partial charge < -0.3 is 4.90 Å². The van der Waals surface area contributed by atoms with Crippen molar-refractivity contribution >= 4 is 28.8 Å². The van der Waals surface area contributed by atoms with Crippen LogP contribution in [0.25, 0.3) is 11.8 Å². The minimum atomic E-state index is -0.126. The van der Waals surface area contributed by atoms with Gasteiger partial charge in [0.25, 0.3) is 5.56 Å². The normalized spacial score (nSPS) is 17.0. The molecular formula is C29H25N3OS. The van der Waals surface area contributed by atoms with Crippen molar-refractivity contribution in [2.45, 2.75) is 18.9 Å². The number of hydrogen-bond acceptors (Lipinski definition) is 4. The highest BCUT2D eigenvalue weighted by Gasteiger charge is 2.32. The molecule has 4 aromatic rings. The van der Waals surface area contributed by atoms with Gasteiger partial charge in [-0.2, -0.15) is 0 Å². The number of anilines is 1. The minimum absolute atomic E-state index is 0.0275. The summed E-state index contributed by atoms with van der Waals surface area (Å²) in [6.07, 6.45) is 3.86. The zero-order valence-electron chi connectivity index (χ0n) is 19.2. The molecule has 1 unspecified atom stereocenters. The Kier molecular flexibility index (Phi) is 5.07. The Morgan fingerprint density at radius 2 is 1.68 bits per heavy atom. The second kappa shape index (κ2) is 8.26. The van der Waals surface area contributed by atoms with Crippen LogP contribution in [0.2, 0.25) is 0 Å². The maximum absolute atomic E-state index is 13.7. The summed E-state index contributed by atoms with van der Waals surface area (Å²) in [5.74, 6) is 0. The first-order chi connectivity index (χ1) is 16.6. The van der Waals surface area contributed by atoms with Gasteiger partial charge in [-0.3, -0.25) is 9.36 Å². The van der Waals surface area contributed by atoms with Crippen molar-refractivity contribution in [3.8, 4) is 0 Å². The number of fused-ring (bicyclic) bond motifs is 3. The Labute approximate surface area is 202 Å². The second-order valence-electron chi connectivity index (χ2n) is 9.01. The molecule has 0 amide bonds. The highest BCUT2D eigenvalue weighted by atomic mass is 32.1. The van der Waals surface area contributed by atoms with Crippen LogP contribution in [0.15, 0.2) is 94.2 Å². The molecule has 0 radical (unpaired) electrons. The molecule has 3 aromatic carbocycles. The molecule has 1 aromatic heterocycles. The molecule has 2 heterocycles. The van der Waals surface area contributed by atoms with Crippen LogP contribution in [0.3, 0.4) is 0 Å². The maximum Gasteiger partial charge on any atom is 0.271 e. The summed E-state index contributed by atoms with van der Waals surface area (Å²) < 4.78 is 2.62. The average molecular weight is 464 g/mol. The van der Waals surface area contributed by atoms with Crippen molar-refractivity contribution in [3.63, 3.8) is 0 Å². The van der Waals surface area contributed by atoms with Gasteiger partial charge in [-0.15, -0.1) is 0 Å². The number of allylic oxidation sites excluding steroid dienone is 1. The molecule has 1 aliphatic heterocycles. The van der Waals surface area contributed by atoms with Crippen LogP contribution < -0.4 is 19.8 Å². The van der Waals surface area contributed by atoms with E-state index in [2.05, 4.69) is 77.7 Å². The van der Waals surface area contributed by atoms with Crippen LogP contribution in [0.5, 0.6) is 0 Å². The Morgan fingerprint density at radius 3 is 2.44 bits per heavy atom. The largest absolute Gasteiger partial charge is 0.378 e. The minimum Gasteiger partial charge on any atom is -0.378 e. The molecule has 168 valence electrons. The fourth-order valence-electron chi connectivity index (χ4n) is 4.98. The number of hydrogen-bond donors (Lipinski definition) is 0. The lowest BCUT2D eigenvalue weighted by molar-refractivity contribution is 0.585. The van der Waals surface area contributed by atoms with E-state index >= 15 is 0 Å². The molecule has 1 aliphatic carbocycles. The first kappa shape index (κ1) is 20.9. The summed E-state index contributed by atoms with van der Waals surface area (Å²) in [5.41, 5.74) is 8.11. The number of nitrogens with zero attached hydrogens (tertiary/aromatic N) is 3. The SMILES string of the molecule is CN(C)c1ccc(C=c2sc3n(c2=O)C(c2ccccc2)C2=C(N=3)c3ccccc3CC2)cc1. The van der Waals surface area contributed by atoms with Crippen LogP contribution in [0, 0.1) is 0 Å². The molecule has 4 nitrogen and oxygen atoms in total. The lowest BCUT2D eigenvalue weighted by Crippen LogP contribution is -2.38. The van der Waals surface area contributed by atoms with E-state index < -0.39 is 0 Å². The van der Waals surface area contributed by atoms with Gasteiger partial charge in [-0.1, -0.05) is 78.1 Å². The lowest BCUT2D eigenvalue weighted by Gasteiger charge is -2.30. The third kappa shape index (κ3) is 3.44. The topological polar surface area (TPSA) is 37.6 Å².